The lowest BCUT2D eigenvalue weighted by Gasteiger charge is -2.22. The van der Waals surface area contributed by atoms with Crippen molar-refractivity contribution < 1.29 is 41.3 Å². The summed E-state index contributed by atoms with van der Waals surface area (Å²) in [5, 5.41) is 24.9. The van der Waals surface area contributed by atoms with Gasteiger partial charge in [0, 0.05) is 35.3 Å². The predicted molar refractivity (Wildman–Crippen MR) is 184 cm³/mol. The molecule has 18 heteroatoms. The van der Waals surface area contributed by atoms with Gasteiger partial charge in [0.1, 0.15) is 57.1 Å². The molecule has 3 heterocycles. The van der Waals surface area contributed by atoms with Gasteiger partial charge < -0.3 is 25.6 Å². The molecule has 2 aromatic carbocycles. The Morgan fingerprint density at radius 3 is 2.53 bits per heavy atom. The number of aromatic nitrogens is 3. The van der Waals surface area contributed by atoms with E-state index in [9.17, 15) is 15.2 Å². The number of thioether (sulfide) groups is 1. The van der Waals surface area contributed by atoms with Crippen LogP contribution in [0.15, 0.2) is 35.6 Å². The number of hydrogen-bond acceptors (Lipinski definition) is 12. The van der Waals surface area contributed by atoms with Crippen molar-refractivity contribution >= 4 is 61.0 Å². The van der Waals surface area contributed by atoms with E-state index in [4.69, 9.17) is 15.2 Å². The van der Waals surface area contributed by atoms with E-state index in [-0.39, 0.29) is 27.2 Å². The van der Waals surface area contributed by atoms with Crippen molar-refractivity contribution in [3.05, 3.63) is 58.8 Å². The number of pyridine rings is 1. The Morgan fingerprint density at radius 2 is 1.90 bits per heavy atom. The molecule has 0 saturated heterocycles. The van der Waals surface area contributed by atoms with E-state index >= 15 is 22.0 Å². The number of carbonyl (C=O) groups is 1. The van der Waals surface area contributed by atoms with Crippen LogP contribution in [-0.4, -0.2) is 51.2 Å². The molecule has 3 aromatic heterocycles. The molecule has 51 heavy (non-hydrogen) atoms. The predicted octanol–water partition coefficient (Wildman–Crippen LogP) is 8.16. The van der Waals surface area contributed by atoms with Crippen LogP contribution in [-0.2, 0) is 10.9 Å². The van der Waals surface area contributed by atoms with Crippen molar-refractivity contribution in [3.63, 3.8) is 0 Å². The number of thiophene rings is 1. The minimum absolute atomic E-state index is 0.0465. The maximum Gasteiger partial charge on any atom is 0.420 e. The van der Waals surface area contributed by atoms with Crippen molar-refractivity contribution in [2.75, 3.05) is 30.5 Å². The molecule has 0 spiro atoms. The summed E-state index contributed by atoms with van der Waals surface area (Å²) in [5.41, 5.74) is 1.12. The fraction of sp³-hybridized carbons (Fsp3) is 0.303. The van der Waals surface area contributed by atoms with Gasteiger partial charge in [0.05, 0.1) is 10.3 Å². The Morgan fingerprint density at radius 1 is 1.18 bits per heavy atom. The Hall–Kier alpha value is -4.99. The number of rotatable bonds is 9. The van der Waals surface area contributed by atoms with Gasteiger partial charge in [0.25, 0.3) is 0 Å². The monoisotopic (exact) mass is 747 g/mol. The standard InChI is InChI=1S/C33H30F5N7O4S2/c1-14(15-7-6-10-42-27(15)40)41-11-12-48-25-21-24(43-30(50-5)44-28(21)46)23(35)20(22(25)33(36,37)38)16-8-9-18(34)26-19(16)17(13-39)29(51-26)45-31(47)49-32(2,3)4/h6-10,14,41H,11-12H2,1-5H3,(H2,40,42)(H,45,47)(H,43,44,46)/t14-/m1/s1. The zero-order chi connectivity index (χ0) is 37.4. The normalized spacial score (nSPS) is 12.6. The lowest BCUT2D eigenvalue weighted by atomic mass is 9.91. The van der Waals surface area contributed by atoms with E-state index < -0.39 is 92.3 Å². The molecule has 11 nitrogen and oxygen atoms in total. The largest absolute Gasteiger partial charge is 0.493 e. The molecule has 0 unspecified atom stereocenters. The molecule has 0 aliphatic rings. The van der Waals surface area contributed by atoms with Crippen LogP contribution >= 0.6 is 23.1 Å². The minimum Gasteiger partial charge on any atom is -0.493 e. The second-order valence-corrected chi connectivity index (χ2v) is 13.8. The van der Waals surface area contributed by atoms with Gasteiger partial charge in [-0.05, 0) is 51.6 Å². The SMILES string of the molecule is CSc1nc(O)c2c(OCCN[C@H](C)c3cccnc3N)c(C(F)(F)F)c(-c3ccc(F)c4sc(NC(=O)OC(C)(C)C)c(C#N)c34)c(F)c2n1. The second kappa shape index (κ2) is 14.3. The van der Waals surface area contributed by atoms with E-state index in [2.05, 4.69) is 25.6 Å². The minimum atomic E-state index is -5.35. The fourth-order valence-electron chi connectivity index (χ4n) is 5.33. The zero-order valence-corrected chi connectivity index (χ0v) is 29.3. The first-order valence-electron chi connectivity index (χ1n) is 15.1. The molecule has 1 atom stereocenters. The van der Waals surface area contributed by atoms with Crippen LogP contribution < -0.4 is 21.1 Å². The van der Waals surface area contributed by atoms with Gasteiger partial charge in [-0.2, -0.15) is 23.4 Å². The number of fused-ring (bicyclic) bond motifs is 2. The summed E-state index contributed by atoms with van der Waals surface area (Å²) in [6.45, 7) is 6.02. The lowest BCUT2D eigenvalue weighted by Crippen LogP contribution is -2.27. The molecule has 1 amide bonds. The van der Waals surface area contributed by atoms with Crippen LogP contribution in [0.2, 0.25) is 0 Å². The van der Waals surface area contributed by atoms with E-state index in [1.165, 1.54) is 12.5 Å². The number of ether oxygens (including phenoxy) is 2. The van der Waals surface area contributed by atoms with Gasteiger partial charge >= 0.3 is 12.3 Å². The number of halogens is 5. The molecule has 0 bridgehead atoms. The fourth-order valence-corrected chi connectivity index (χ4v) is 6.76. The molecule has 5 rings (SSSR count). The number of aromatic hydroxyl groups is 1. The van der Waals surface area contributed by atoms with Gasteiger partial charge in [-0.1, -0.05) is 23.9 Å². The van der Waals surface area contributed by atoms with Crippen molar-refractivity contribution in [3.8, 4) is 28.8 Å². The first kappa shape index (κ1) is 37.3. The van der Waals surface area contributed by atoms with E-state index in [0.29, 0.717) is 16.9 Å². The third-order valence-electron chi connectivity index (χ3n) is 7.39. The molecule has 268 valence electrons. The van der Waals surface area contributed by atoms with Crippen LogP contribution in [0.1, 0.15) is 50.4 Å². The molecule has 5 aromatic rings. The third-order valence-corrected chi connectivity index (χ3v) is 9.05. The summed E-state index contributed by atoms with van der Waals surface area (Å²) in [7, 11) is 0. The van der Waals surface area contributed by atoms with Gasteiger partial charge in [-0.3, -0.25) is 5.32 Å². The van der Waals surface area contributed by atoms with Gasteiger partial charge in [-0.15, -0.1) is 11.3 Å². The molecule has 0 saturated carbocycles. The highest BCUT2D eigenvalue weighted by atomic mass is 32.2. The molecule has 0 radical (unpaired) electrons. The lowest BCUT2D eigenvalue weighted by molar-refractivity contribution is -0.138. The summed E-state index contributed by atoms with van der Waals surface area (Å²) >= 11 is 1.45. The number of nitrogen functional groups attached to an aromatic ring is 1. The van der Waals surface area contributed by atoms with E-state index in [0.717, 1.165) is 23.9 Å². The third kappa shape index (κ3) is 7.55. The highest BCUT2D eigenvalue weighted by Gasteiger charge is 2.43. The Kier molecular flexibility index (Phi) is 10.5. The van der Waals surface area contributed by atoms with Gasteiger partial charge in [0.2, 0.25) is 5.88 Å². The molecular formula is C33H30F5N7O4S2. The summed E-state index contributed by atoms with van der Waals surface area (Å²) in [6.07, 6.45) is -3.35. The first-order chi connectivity index (χ1) is 24.0. The number of amides is 1. The number of benzene rings is 2. The number of nitrogens with one attached hydrogen (secondary N) is 2. The second-order valence-electron chi connectivity index (χ2n) is 12.0. The Bertz CT molecular complexity index is 2200. The average molecular weight is 748 g/mol. The number of alkyl halides is 3. The summed E-state index contributed by atoms with van der Waals surface area (Å²) in [6, 6.07) is 6.50. The van der Waals surface area contributed by atoms with Gasteiger partial charge in [0.15, 0.2) is 11.0 Å². The number of hydrogen-bond donors (Lipinski definition) is 4. The van der Waals surface area contributed by atoms with Crippen molar-refractivity contribution in [1.82, 2.24) is 20.3 Å². The van der Waals surface area contributed by atoms with Crippen LogP contribution in [0.5, 0.6) is 11.6 Å². The quantitative estimate of drug-likeness (QED) is 0.0497. The average Bonchev–Trinajstić information content (AvgIpc) is 3.41. The molecule has 0 aliphatic heterocycles. The summed E-state index contributed by atoms with van der Waals surface area (Å²) in [4.78, 5) is 24.5. The number of nitrogens with two attached hydrogens (primary N) is 1. The van der Waals surface area contributed by atoms with Crippen LogP contribution in [0.3, 0.4) is 0 Å². The van der Waals surface area contributed by atoms with Crippen molar-refractivity contribution in [2.24, 2.45) is 0 Å². The number of nitrogens with zero attached hydrogens (tertiary/aromatic N) is 4. The Labute approximate surface area is 296 Å². The van der Waals surface area contributed by atoms with Gasteiger partial charge in [-0.25, -0.2) is 23.5 Å². The highest BCUT2D eigenvalue weighted by Crippen LogP contribution is 2.52. The van der Waals surface area contributed by atoms with Crippen LogP contribution in [0.25, 0.3) is 32.1 Å². The highest BCUT2D eigenvalue weighted by molar-refractivity contribution is 7.98. The number of anilines is 2. The number of nitriles is 1. The van der Waals surface area contributed by atoms with Crippen LogP contribution in [0, 0.1) is 23.0 Å². The first-order valence-corrected chi connectivity index (χ1v) is 17.1. The maximum absolute atomic E-state index is 16.7. The molecule has 0 aliphatic carbocycles. The molecule has 5 N–H and O–H groups in total. The summed E-state index contributed by atoms with van der Waals surface area (Å²) in [5.74, 6) is -4.20. The smallest absolute Gasteiger partial charge is 0.420 e. The molecule has 0 fully saturated rings. The zero-order valence-electron chi connectivity index (χ0n) is 27.6. The van der Waals surface area contributed by atoms with E-state index in [1.54, 1.807) is 45.9 Å². The Balaban J connectivity index is 1.73. The van der Waals surface area contributed by atoms with Crippen LogP contribution in [0.4, 0.5) is 37.6 Å². The number of carbonyl (C=O) groups excluding carboxylic acids is 1. The van der Waals surface area contributed by atoms with E-state index in [1.807, 2.05) is 0 Å². The topological polar surface area (TPSA) is 168 Å². The van der Waals surface area contributed by atoms with Crippen molar-refractivity contribution in [1.29, 1.82) is 5.26 Å². The van der Waals surface area contributed by atoms with Crippen molar-refractivity contribution in [2.45, 2.75) is 50.7 Å². The maximum atomic E-state index is 16.7. The summed E-state index contributed by atoms with van der Waals surface area (Å²) < 4.78 is 88.4. The molecular weight excluding hydrogens is 718 g/mol.